The molecule has 1 saturated heterocycles. The molecule has 0 bridgehead atoms. The van der Waals surface area contributed by atoms with E-state index in [1.165, 1.54) is 6.07 Å². The fourth-order valence-electron chi connectivity index (χ4n) is 2.88. The number of benzene rings is 1. The summed E-state index contributed by atoms with van der Waals surface area (Å²) in [5.41, 5.74) is 0. The van der Waals surface area contributed by atoms with E-state index in [4.69, 9.17) is 4.74 Å². The van der Waals surface area contributed by atoms with Crippen molar-refractivity contribution >= 4 is 35.9 Å². The van der Waals surface area contributed by atoms with Crippen LogP contribution in [0.5, 0.6) is 5.75 Å². The number of hydrogen-bond acceptors (Lipinski definition) is 5. The number of aromatic nitrogens is 2. The third kappa shape index (κ3) is 6.65. The summed E-state index contributed by atoms with van der Waals surface area (Å²) in [5.74, 6) is 0.0269. The zero-order valence-electron chi connectivity index (χ0n) is 16.2. The second kappa shape index (κ2) is 11.7. The SMILES string of the molecule is CCNC(=NCCOc1ccc(F)c(F)c1)N1CCN(c2ncccn2)CC1.I. The van der Waals surface area contributed by atoms with Gasteiger partial charge in [0.05, 0.1) is 6.54 Å². The summed E-state index contributed by atoms with van der Waals surface area (Å²) in [6.45, 7) is 6.66. The van der Waals surface area contributed by atoms with Crippen LogP contribution in [0.4, 0.5) is 14.7 Å². The zero-order valence-corrected chi connectivity index (χ0v) is 18.6. The van der Waals surface area contributed by atoms with E-state index in [0.717, 1.165) is 56.8 Å². The molecule has 29 heavy (non-hydrogen) atoms. The minimum Gasteiger partial charge on any atom is -0.492 e. The predicted molar refractivity (Wildman–Crippen MR) is 119 cm³/mol. The van der Waals surface area contributed by atoms with E-state index >= 15 is 0 Å². The highest BCUT2D eigenvalue weighted by molar-refractivity contribution is 14.0. The molecule has 0 amide bonds. The van der Waals surface area contributed by atoms with Gasteiger partial charge in [-0.25, -0.2) is 23.7 Å². The van der Waals surface area contributed by atoms with Crippen molar-refractivity contribution in [1.82, 2.24) is 20.2 Å². The van der Waals surface area contributed by atoms with Crippen LogP contribution in [0.25, 0.3) is 0 Å². The van der Waals surface area contributed by atoms with Gasteiger partial charge in [0.15, 0.2) is 17.6 Å². The molecule has 2 heterocycles. The van der Waals surface area contributed by atoms with Crippen molar-refractivity contribution in [2.75, 3.05) is 50.8 Å². The van der Waals surface area contributed by atoms with E-state index in [2.05, 4.69) is 30.1 Å². The topological polar surface area (TPSA) is 65.9 Å². The molecule has 1 aromatic heterocycles. The van der Waals surface area contributed by atoms with Crippen LogP contribution in [0.1, 0.15) is 6.92 Å². The molecule has 10 heteroatoms. The van der Waals surface area contributed by atoms with Crippen molar-refractivity contribution in [2.45, 2.75) is 6.92 Å². The van der Waals surface area contributed by atoms with E-state index in [0.29, 0.717) is 6.54 Å². The molecule has 1 fully saturated rings. The van der Waals surface area contributed by atoms with Gasteiger partial charge in [0.25, 0.3) is 0 Å². The van der Waals surface area contributed by atoms with Gasteiger partial charge >= 0.3 is 0 Å². The monoisotopic (exact) mass is 518 g/mol. The number of ether oxygens (including phenoxy) is 1. The number of nitrogens with zero attached hydrogens (tertiary/aromatic N) is 5. The maximum absolute atomic E-state index is 13.2. The molecule has 158 valence electrons. The van der Waals surface area contributed by atoms with Gasteiger partial charge in [-0.2, -0.15) is 0 Å². The summed E-state index contributed by atoms with van der Waals surface area (Å²) in [5, 5.41) is 3.28. The van der Waals surface area contributed by atoms with Crippen LogP contribution < -0.4 is 15.0 Å². The van der Waals surface area contributed by atoms with Crippen LogP contribution >= 0.6 is 24.0 Å². The Balaban J connectivity index is 0.00000300. The molecular formula is C19H25F2IN6O. The number of aliphatic imine (C=N–C) groups is 1. The molecule has 0 saturated carbocycles. The van der Waals surface area contributed by atoms with Gasteiger partial charge in [0.2, 0.25) is 5.95 Å². The van der Waals surface area contributed by atoms with Gasteiger partial charge in [-0.3, -0.25) is 0 Å². The van der Waals surface area contributed by atoms with E-state index in [1.54, 1.807) is 18.5 Å². The zero-order chi connectivity index (χ0) is 19.8. The summed E-state index contributed by atoms with van der Waals surface area (Å²) in [4.78, 5) is 17.5. The highest BCUT2D eigenvalue weighted by Gasteiger charge is 2.20. The number of guanidine groups is 1. The molecule has 0 unspecified atom stereocenters. The average molecular weight is 518 g/mol. The van der Waals surface area contributed by atoms with Crippen molar-refractivity contribution in [3.63, 3.8) is 0 Å². The van der Waals surface area contributed by atoms with Crippen LogP contribution in [0, 0.1) is 11.6 Å². The number of anilines is 1. The summed E-state index contributed by atoms with van der Waals surface area (Å²) >= 11 is 0. The number of piperazine rings is 1. The van der Waals surface area contributed by atoms with Crippen LogP contribution in [0.3, 0.4) is 0 Å². The highest BCUT2D eigenvalue weighted by atomic mass is 127. The Kier molecular flexibility index (Phi) is 9.29. The molecule has 0 atom stereocenters. The maximum Gasteiger partial charge on any atom is 0.225 e. The smallest absolute Gasteiger partial charge is 0.225 e. The van der Waals surface area contributed by atoms with Crippen LogP contribution in [-0.2, 0) is 0 Å². The second-order valence-electron chi connectivity index (χ2n) is 6.18. The van der Waals surface area contributed by atoms with E-state index in [1.807, 2.05) is 6.92 Å². The molecular weight excluding hydrogens is 493 g/mol. The van der Waals surface area contributed by atoms with Gasteiger partial charge in [-0.05, 0) is 25.1 Å². The Hall–Kier alpha value is -2.24. The third-order valence-electron chi connectivity index (χ3n) is 4.26. The van der Waals surface area contributed by atoms with Crippen molar-refractivity contribution in [3.05, 3.63) is 48.3 Å². The van der Waals surface area contributed by atoms with Gasteiger partial charge in [-0.1, -0.05) is 0 Å². The summed E-state index contributed by atoms with van der Waals surface area (Å²) < 4.78 is 31.6. The Morgan fingerprint density at radius 1 is 1.14 bits per heavy atom. The van der Waals surface area contributed by atoms with Crippen LogP contribution in [0.15, 0.2) is 41.7 Å². The minimum atomic E-state index is -0.922. The average Bonchev–Trinajstić information content (AvgIpc) is 2.73. The predicted octanol–water partition coefficient (Wildman–Crippen LogP) is 2.54. The molecule has 2 aromatic rings. The van der Waals surface area contributed by atoms with E-state index in [9.17, 15) is 8.78 Å². The Bertz CT molecular complexity index is 788. The molecule has 7 nitrogen and oxygen atoms in total. The molecule has 1 N–H and O–H groups in total. The fraction of sp³-hybridized carbons (Fsp3) is 0.421. The lowest BCUT2D eigenvalue weighted by atomic mass is 10.3. The molecule has 1 aliphatic heterocycles. The molecule has 1 aromatic carbocycles. The second-order valence-corrected chi connectivity index (χ2v) is 6.18. The lowest BCUT2D eigenvalue weighted by molar-refractivity contribution is 0.322. The first-order chi connectivity index (χ1) is 13.7. The molecule has 1 aliphatic rings. The highest BCUT2D eigenvalue weighted by Crippen LogP contribution is 2.15. The summed E-state index contributed by atoms with van der Waals surface area (Å²) in [7, 11) is 0. The summed E-state index contributed by atoms with van der Waals surface area (Å²) in [6.07, 6.45) is 3.49. The van der Waals surface area contributed by atoms with Crippen molar-refractivity contribution < 1.29 is 13.5 Å². The van der Waals surface area contributed by atoms with E-state index < -0.39 is 11.6 Å². The Labute approximate surface area is 186 Å². The third-order valence-corrected chi connectivity index (χ3v) is 4.26. The molecule has 0 aliphatic carbocycles. The number of rotatable bonds is 6. The van der Waals surface area contributed by atoms with Gasteiger partial charge in [0, 0.05) is 51.2 Å². The standard InChI is InChI=1S/C19H24F2N6O.HI/c1-2-22-18(25-8-13-28-15-4-5-16(20)17(21)14-15)26-9-11-27(12-10-26)19-23-6-3-7-24-19;/h3-7,14H,2,8-13H2,1H3,(H,22,25);1H. The number of nitrogens with one attached hydrogen (secondary N) is 1. The lowest BCUT2D eigenvalue weighted by Crippen LogP contribution is -2.53. The van der Waals surface area contributed by atoms with Gasteiger partial charge < -0.3 is 19.9 Å². The van der Waals surface area contributed by atoms with Crippen LogP contribution in [-0.4, -0.2) is 66.7 Å². The maximum atomic E-state index is 13.2. The first-order valence-electron chi connectivity index (χ1n) is 9.30. The Morgan fingerprint density at radius 3 is 2.52 bits per heavy atom. The van der Waals surface area contributed by atoms with Crippen LogP contribution in [0.2, 0.25) is 0 Å². The molecule has 0 radical (unpaired) electrons. The largest absolute Gasteiger partial charge is 0.492 e. The lowest BCUT2D eigenvalue weighted by Gasteiger charge is -2.36. The number of halogens is 3. The minimum absolute atomic E-state index is 0. The van der Waals surface area contributed by atoms with Gasteiger partial charge in [0.1, 0.15) is 12.4 Å². The quantitative estimate of drug-likeness (QED) is 0.275. The fourth-order valence-corrected chi connectivity index (χ4v) is 2.88. The first kappa shape index (κ1) is 23.0. The summed E-state index contributed by atoms with van der Waals surface area (Å²) in [6, 6.07) is 5.29. The van der Waals surface area contributed by atoms with E-state index in [-0.39, 0.29) is 36.3 Å². The number of hydrogen-bond donors (Lipinski definition) is 1. The van der Waals surface area contributed by atoms with Crippen molar-refractivity contribution in [3.8, 4) is 5.75 Å². The van der Waals surface area contributed by atoms with Crippen molar-refractivity contribution in [1.29, 1.82) is 0 Å². The molecule has 0 spiro atoms. The first-order valence-corrected chi connectivity index (χ1v) is 9.30. The molecule has 3 rings (SSSR count). The normalized spacial score (nSPS) is 14.4. The Morgan fingerprint density at radius 2 is 1.86 bits per heavy atom. The van der Waals surface area contributed by atoms with Gasteiger partial charge in [-0.15, -0.1) is 24.0 Å². The van der Waals surface area contributed by atoms with Crippen molar-refractivity contribution in [2.24, 2.45) is 4.99 Å².